The minimum absolute atomic E-state index is 0.162. The first-order valence-electron chi connectivity index (χ1n) is 11.8. The monoisotopic (exact) mass is 395 g/mol. The van der Waals surface area contributed by atoms with E-state index in [4.69, 9.17) is 14.2 Å². The Kier molecular flexibility index (Phi) is 7.86. The summed E-state index contributed by atoms with van der Waals surface area (Å²) >= 11 is 0. The van der Waals surface area contributed by atoms with Gasteiger partial charge in [0.05, 0.1) is 38.6 Å². The molecule has 4 nitrogen and oxygen atoms in total. The zero-order valence-corrected chi connectivity index (χ0v) is 19.2. The highest BCUT2D eigenvalue weighted by molar-refractivity contribution is 5.10. The lowest BCUT2D eigenvalue weighted by molar-refractivity contribution is -0.208. The summed E-state index contributed by atoms with van der Waals surface area (Å²) in [6.45, 7) is 15.1. The van der Waals surface area contributed by atoms with Crippen LogP contribution in [0.1, 0.15) is 66.2 Å². The molecule has 0 aromatic carbocycles. The third-order valence-electron chi connectivity index (χ3n) is 7.58. The highest BCUT2D eigenvalue weighted by Crippen LogP contribution is 2.65. The molecule has 0 heterocycles. The summed E-state index contributed by atoms with van der Waals surface area (Å²) in [5, 5.41) is 0. The first-order chi connectivity index (χ1) is 13.3. The molecule has 0 saturated heterocycles. The molecule has 0 aromatic rings. The second kappa shape index (κ2) is 9.76. The molecule has 2 atom stereocenters. The van der Waals surface area contributed by atoms with E-state index in [1.54, 1.807) is 0 Å². The number of ether oxygens (including phenoxy) is 3. The van der Waals surface area contributed by atoms with Crippen molar-refractivity contribution in [3.8, 4) is 0 Å². The van der Waals surface area contributed by atoms with E-state index in [0.29, 0.717) is 31.2 Å². The molecule has 0 amide bonds. The lowest BCUT2D eigenvalue weighted by Gasteiger charge is -2.63. The summed E-state index contributed by atoms with van der Waals surface area (Å²) in [5.74, 6) is 3.31. The number of hydrogen-bond acceptors (Lipinski definition) is 4. The van der Waals surface area contributed by atoms with Crippen LogP contribution in [0.2, 0.25) is 0 Å². The second-order valence-corrected chi connectivity index (χ2v) is 10.9. The van der Waals surface area contributed by atoms with E-state index in [2.05, 4.69) is 39.6 Å². The average molecular weight is 396 g/mol. The molecular formula is C24H45NO3. The van der Waals surface area contributed by atoms with Gasteiger partial charge in [0.15, 0.2) is 0 Å². The average Bonchev–Trinajstić information content (AvgIpc) is 2.58. The Labute approximate surface area is 173 Å². The molecule has 28 heavy (non-hydrogen) atoms. The highest BCUT2D eigenvalue weighted by atomic mass is 16.5. The van der Waals surface area contributed by atoms with Crippen LogP contribution in [0.15, 0.2) is 0 Å². The van der Waals surface area contributed by atoms with E-state index in [0.717, 1.165) is 44.1 Å². The summed E-state index contributed by atoms with van der Waals surface area (Å²) in [5.41, 5.74) is 0.719. The van der Waals surface area contributed by atoms with E-state index in [9.17, 15) is 0 Å². The van der Waals surface area contributed by atoms with Crippen LogP contribution in [0.3, 0.4) is 0 Å². The van der Waals surface area contributed by atoms with Gasteiger partial charge in [-0.15, -0.1) is 0 Å². The van der Waals surface area contributed by atoms with Gasteiger partial charge in [0, 0.05) is 13.1 Å². The standard InChI is InChI=1S/C24H45NO3/c1-19(2)17-25(5)6-7-26-8-9-27-10-11-28-24-15-21-12-22(16-24)14-23(13-21,18-24)20(3)4/h19-22H,6-18H2,1-5H3. The van der Waals surface area contributed by atoms with Crippen LogP contribution < -0.4 is 0 Å². The molecule has 0 N–H and O–H groups in total. The maximum Gasteiger partial charge on any atom is 0.0708 e. The Morgan fingerprint density at radius 2 is 1.46 bits per heavy atom. The first kappa shape index (κ1) is 22.5. The van der Waals surface area contributed by atoms with Crippen LogP contribution in [0.4, 0.5) is 0 Å². The van der Waals surface area contributed by atoms with Gasteiger partial charge in [-0.2, -0.15) is 0 Å². The molecule has 4 aliphatic carbocycles. The van der Waals surface area contributed by atoms with Gasteiger partial charge in [-0.25, -0.2) is 0 Å². The van der Waals surface area contributed by atoms with Crippen molar-refractivity contribution in [3.05, 3.63) is 0 Å². The van der Waals surface area contributed by atoms with Gasteiger partial charge in [0.25, 0.3) is 0 Å². The maximum atomic E-state index is 6.54. The third-order valence-corrected chi connectivity index (χ3v) is 7.58. The minimum Gasteiger partial charge on any atom is -0.378 e. The van der Waals surface area contributed by atoms with Crippen LogP contribution in [0.25, 0.3) is 0 Å². The molecule has 0 spiro atoms. The number of rotatable bonds is 13. The van der Waals surface area contributed by atoms with Gasteiger partial charge < -0.3 is 19.1 Å². The number of nitrogens with zero attached hydrogens (tertiary/aromatic N) is 1. The van der Waals surface area contributed by atoms with Crippen molar-refractivity contribution in [1.29, 1.82) is 0 Å². The molecule has 0 radical (unpaired) electrons. The SMILES string of the molecule is CC(C)CN(C)CCOCCOCCOC12CC3CC(C1)CC(C(C)C)(C3)C2. The topological polar surface area (TPSA) is 30.9 Å². The Balaban J connectivity index is 1.27. The quantitative estimate of drug-likeness (QED) is 0.426. The van der Waals surface area contributed by atoms with Crippen LogP contribution in [0, 0.1) is 29.1 Å². The molecule has 0 aliphatic heterocycles. The van der Waals surface area contributed by atoms with Gasteiger partial charge in [0.2, 0.25) is 0 Å². The molecule has 4 saturated carbocycles. The van der Waals surface area contributed by atoms with Crippen molar-refractivity contribution in [3.63, 3.8) is 0 Å². The fraction of sp³-hybridized carbons (Fsp3) is 1.00. The molecule has 4 aliphatic rings. The summed E-state index contributed by atoms with van der Waals surface area (Å²) in [6, 6.07) is 0. The van der Waals surface area contributed by atoms with Crippen LogP contribution in [-0.2, 0) is 14.2 Å². The molecular weight excluding hydrogens is 350 g/mol. The second-order valence-electron chi connectivity index (χ2n) is 10.9. The van der Waals surface area contributed by atoms with Gasteiger partial charge in [-0.3, -0.25) is 0 Å². The Morgan fingerprint density at radius 3 is 2.07 bits per heavy atom. The zero-order chi connectivity index (χ0) is 20.2. The van der Waals surface area contributed by atoms with Crippen LogP contribution in [0.5, 0.6) is 0 Å². The normalized spacial score (nSPS) is 34.3. The number of likely N-dealkylation sites (N-methyl/N-ethyl adjacent to an activating group) is 1. The van der Waals surface area contributed by atoms with Gasteiger partial charge in [-0.1, -0.05) is 27.7 Å². The first-order valence-corrected chi connectivity index (χ1v) is 11.8. The van der Waals surface area contributed by atoms with Gasteiger partial charge >= 0.3 is 0 Å². The Bertz CT molecular complexity index is 464. The van der Waals surface area contributed by atoms with E-state index in [1.165, 1.54) is 38.5 Å². The summed E-state index contributed by atoms with van der Waals surface area (Å²) in [7, 11) is 2.16. The summed E-state index contributed by atoms with van der Waals surface area (Å²) in [4.78, 5) is 2.33. The zero-order valence-electron chi connectivity index (χ0n) is 19.2. The van der Waals surface area contributed by atoms with Crippen LogP contribution >= 0.6 is 0 Å². The van der Waals surface area contributed by atoms with Crippen molar-refractivity contribution in [2.45, 2.75) is 71.8 Å². The lowest BCUT2D eigenvalue weighted by Crippen LogP contribution is -2.58. The fourth-order valence-electron chi connectivity index (χ4n) is 6.67. The molecule has 4 fully saturated rings. The summed E-state index contributed by atoms with van der Waals surface area (Å²) in [6.07, 6.45) is 8.24. The largest absolute Gasteiger partial charge is 0.378 e. The van der Waals surface area contributed by atoms with E-state index < -0.39 is 0 Å². The van der Waals surface area contributed by atoms with Crippen molar-refractivity contribution in [2.75, 3.05) is 53.2 Å². The van der Waals surface area contributed by atoms with Crippen molar-refractivity contribution in [1.82, 2.24) is 4.90 Å². The summed E-state index contributed by atoms with van der Waals surface area (Å²) < 4.78 is 18.0. The smallest absolute Gasteiger partial charge is 0.0708 e. The van der Waals surface area contributed by atoms with Crippen molar-refractivity contribution < 1.29 is 14.2 Å². The molecule has 2 unspecified atom stereocenters. The maximum absolute atomic E-state index is 6.54. The molecule has 164 valence electrons. The van der Waals surface area contributed by atoms with Crippen molar-refractivity contribution >= 4 is 0 Å². The molecule has 4 rings (SSSR count). The molecule has 4 bridgehead atoms. The van der Waals surface area contributed by atoms with Crippen molar-refractivity contribution in [2.24, 2.45) is 29.1 Å². The minimum atomic E-state index is 0.162. The molecule has 0 aromatic heterocycles. The Hall–Kier alpha value is -0.160. The van der Waals surface area contributed by atoms with E-state index in [1.807, 2.05) is 0 Å². The Morgan fingerprint density at radius 1 is 0.857 bits per heavy atom. The predicted octanol–water partition coefficient (Wildman–Crippen LogP) is 4.62. The van der Waals surface area contributed by atoms with Gasteiger partial charge in [0.1, 0.15) is 0 Å². The van der Waals surface area contributed by atoms with Crippen LogP contribution in [-0.4, -0.2) is 63.7 Å². The van der Waals surface area contributed by atoms with E-state index in [-0.39, 0.29) is 5.60 Å². The number of hydrogen-bond donors (Lipinski definition) is 0. The predicted molar refractivity (Wildman–Crippen MR) is 115 cm³/mol. The lowest BCUT2D eigenvalue weighted by atomic mass is 9.45. The third kappa shape index (κ3) is 5.71. The van der Waals surface area contributed by atoms with E-state index >= 15 is 0 Å². The highest BCUT2D eigenvalue weighted by Gasteiger charge is 2.59. The molecule has 4 heteroatoms. The van der Waals surface area contributed by atoms with Gasteiger partial charge in [-0.05, 0) is 74.7 Å². The fourth-order valence-corrected chi connectivity index (χ4v) is 6.67.